The van der Waals surface area contributed by atoms with Crippen LogP contribution >= 0.6 is 0 Å². The van der Waals surface area contributed by atoms with Crippen LogP contribution < -0.4 is 21.1 Å². The van der Waals surface area contributed by atoms with Gasteiger partial charge in [0.2, 0.25) is 5.91 Å². The molecule has 2 aromatic carbocycles. The smallest absolute Gasteiger partial charge is 0.312 e. The van der Waals surface area contributed by atoms with Gasteiger partial charge in [-0.25, -0.2) is 4.79 Å². The van der Waals surface area contributed by atoms with E-state index in [0.717, 1.165) is 30.6 Å². The number of rotatable bonds is 4. The summed E-state index contributed by atoms with van der Waals surface area (Å²) in [5.74, 6) is 0.145. The lowest BCUT2D eigenvalue weighted by Crippen LogP contribution is -2.36. The summed E-state index contributed by atoms with van der Waals surface area (Å²) in [6, 6.07) is 13.9. The lowest BCUT2D eigenvalue weighted by Gasteiger charge is -2.28. The number of aryl methyl sites for hydroxylation is 1. The molecule has 2 aromatic rings. The van der Waals surface area contributed by atoms with Gasteiger partial charge >= 0.3 is 6.03 Å². The molecule has 0 aromatic heterocycles. The highest BCUT2D eigenvalue weighted by Crippen LogP contribution is 2.27. The summed E-state index contributed by atoms with van der Waals surface area (Å²) in [6.45, 7) is 2.66. The minimum Gasteiger partial charge on any atom is -0.312 e. The van der Waals surface area contributed by atoms with Crippen molar-refractivity contribution >= 4 is 29.0 Å². The van der Waals surface area contributed by atoms with Gasteiger partial charge in [-0.3, -0.25) is 15.6 Å². The molecular weight excluding hydrogens is 342 g/mol. The van der Waals surface area contributed by atoms with Crippen molar-refractivity contribution in [3.8, 4) is 6.07 Å². The third kappa shape index (κ3) is 4.55. The molecular formula is C20H21N5O2. The molecule has 0 saturated carbocycles. The number of amides is 3. The summed E-state index contributed by atoms with van der Waals surface area (Å²) in [5, 5.41) is 11.6. The van der Waals surface area contributed by atoms with Crippen LogP contribution in [0.15, 0.2) is 42.5 Å². The SMILES string of the molecule is Cc1cc(NC(=O)NNc2cccc(C#N)c2)ccc1N1CCCCC1=O. The zero-order valence-electron chi connectivity index (χ0n) is 15.1. The lowest BCUT2D eigenvalue weighted by atomic mass is 10.1. The topological polar surface area (TPSA) is 97.3 Å². The van der Waals surface area contributed by atoms with Gasteiger partial charge in [0.25, 0.3) is 0 Å². The van der Waals surface area contributed by atoms with Crippen molar-refractivity contribution in [1.29, 1.82) is 5.26 Å². The Bertz CT molecular complexity index is 903. The molecule has 0 unspecified atom stereocenters. The van der Waals surface area contributed by atoms with Gasteiger partial charge in [-0.15, -0.1) is 0 Å². The zero-order chi connectivity index (χ0) is 19.2. The predicted octanol–water partition coefficient (Wildman–Crippen LogP) is 3.53. The van der Waals surface area contributed by atoms with Crippen LogP contribution in [0.4, 0.5) is 21.9 Å². The number of nitrogens with zero attached hydrogens (tertiary/aromatic N) is 2. The second kappa shape index (κ2) is 8.23. The van der Waals surface area contributed by atoms with Crippen LogP contribution in [-0.4, -0.2) is 18.5 Å². The van der Waals surface area contributed by atoms with E-state index in [1.165, 1.54) is 0 Å². The van der Waals surface area contributed by atoms with Crippen LogP contribution in [0.3, 0.4) is 0 Å². The van der Waals surface area contributed by atoms with Gasteiger partial charge < -0.3 is 10.2 Å². The van der Waals surface area contributed by atoms with Crippen molar-refractivity contribution in [3.63, 3.8) is 0 Å². The molecule has 7 nitrogen and oxygen atoms in total. The summed E-state index contributed by atoms with van der Waals surface area (Å²) in [5.41, 5.74) is 8.84. The van der Waals surface area contributed by atoms with Crippen molar-refractivity contribution < 1.29 is 9.59 Å². The van der Waals surface area contributed by atoms with Crippen LogP contribution in [0.5, 0.6) is 0 Å². The number of urea groups is 1. The van der Waals surface area contributed by atoms with Crippen molar-refractivity contribution in [2.24, 2.45) is 0 Å². The number of piperidine rings is 1. The highest BCUT2D eigenvalue weighted by Gasteiger charge is 2.21. The van der Waals surface area contributed by atoms with Crippen molar-refractivity contribution in [3.05, 3.63) is 53.6 Å². The molecule has 0 aliphatic carbocycles. The van der Waals surface area contributed by atoms with Gasteiger partial charge in [-0.05, 0) is 61.7 Å². The highest BCUT2D eigenvalue weighted by atomic mass is 16.2. The molecule has 0 bridgehead atoms. The third-order valence-electron chi connectivity index (χ3n) is 4.38. The van der Waals surface area contributed by atoms with E-state index in [4.69, 9.17) is 5.26 Å². The molecule has 3 rings (SSSR count). The van der Waals surface area contributed by atoms with Gasteiger partial charge in [0, 0.05) is 24.3 Å². The maximum absolute atomic E-state index is 12.1. The molecule has 0 atom stereocenters. The molecule has 1 aliphatic heterocycles. The van der Waals surface area contributed by atoms with Gasteiger partial charge in [-0.2, -0.15) is 5.26 Å². The fraction of sp³-hybridized carbons (Fsp3) is 0.250. The molecule has 3 amide bonds. The summed E-state index contributed by atoms with van der Waals surface area (Å²) in [7, 11) is 0. The van der Waals surface area contributed by atoms with Crippen LogP contribution in [-0.2, 0) is 4.79 Å². The van der Waals surface area contributed by atoms with E-state index in [9.17, 15) is 9.59 Å². The number of anilines is 3. The Hall–Kier alpha value is -3.53. The Balaban J connectivity index is 1.60. The van der Waals surface area contributed by atoms with E-state index in [1.807, 2.05) is 30.0 Å². The van der Waals surface area contributed by atoms with Crippen LogP contribution in [0.25, 0.3) is 0 Å². The molecule has 7 heteroatoms. The number of nitriles is 1. The van der Waals surface area contributed by atoms with Gasteiger partial charge in [-0.1, -0.05) is 6.07 Å². The first-order chi connectivity index (χ1) is 13.1. The minimum atomic E-state index is -0.432. The van der Waals surface area contributed by atoms with Crippen LogP contribution in [0.2, 0.25) is 0 Å². The second-order valence-corrected chi connectivity index (χ2v) is 6.40. The van der Waals surface area contributed by atoms with Crippen molar-refractivity contribution in [2.75, 3.05) is 22.2 Å². The second-order valence-electron chi connectivity index (χ2n) is 6.40. The van der Waals surface area contributed by atoms with Crippen molar-refractivity contribution in [2.45, 2.75) is 26.2 Å². The van der Waals surface area contributed by atoms with E-state index in [-0.39, 0.29) is 5.91 Å². The fourth-order valence-electron chi connectivity index (χ4n) is 3.05. The number of carbonyl (C=O) groups excluding carboxylic acids is 2. The number of hydrogen-bond acceptors (Lipinski definition) is 4. The molecule has 3 N–H and O–H groups in total. The minimum absolute atomic E-state index is 0.145. The molecule has 0 spiro atoms. The van der Waals surface area contributed by atoms with Crippen LogP contribution in [0, 0.1) is 18.3 Å². The maximum atomic E-state index is 12.1. The summed E-state index contributed by atoms with van der Waals surface area (Å²) in [4.78, 5) is 26.0. The van der Waals surface area contributed by atoms with E-state index in [0.29, 0.717) is 23.4 Å². The molecule has 1 heterocycles. The third-order valence-corrected chi connectivity index (χ3v) is 4.38. The average Bonchev–Trinajstić information content (AvgIpc) is 2.67. The standard InChI is InChI=1S/C20H21N5O2/c1-14-11-16(8-9-18(14)25-10-3-2-7-19(25)26)22-20(27)24-23-17-6-4-5-15(12-17)13-21/h4-6,8-9,11-12,23H,2-3,7,10H2,1H3,(H2,22,24,27). The molecule has 27 heavy (non-hydrogen) atoms. The van der Waals surface area contributed by atoms with E-state index in [1.54, 1.807) is 30.3 Å². The molecule has 138 valence electrons. The van der Waals surface area contributed by atoms with Gasteiger partial charge in [0.05, 0.1) is 17.3 Å². The average molecular weight is 363 g/mol. The largest absolute Gasteiger partial charge is 0.337 e. The fourth-order valence-corrected chi connectivity index (χ4v) is 3.05. The number of hydrogen-bond donors (Lipinski definition) is 3. The Morgan fingerprint density at radius 3 is 2.74 bits per heavy atom. The lowest BCUT2D eigenvalue weighted by molar-refractivity contribution is -0.119. The Labute approximate surface area is 157 Å². The predicted molar refractivity (Wildman–Crippen MR) is 104 cm³/mol. The number of carbonyl (C=O) groups is 2. The molecule has 1 aliphatic rings. The summed E-state index contributed by atoms with van der Waals surface area (Å²) < 4.78 is 0. The summed E-state index contributed by atoms with van der Waals surface area (Å²) in [6.07, 6.45) is 2.53. The van der Waals surface area contributed by atoms with Crippen molar-refractivity contribution in [1.82, 2.24) is 5.43 Å². The first-order valence-corrected chi connectivity index (χ1v) is 8.81. The Morgan fingerprint density at radius 1 is 1.15 bits per heavy atom. The molecule has 1 saturated heterocycles. The first-order valence-electron chi connectivity index (χ1n) is 8.81. The number of hydrazine groups is 1. The maximum Gasteiger partial charge on any atom is 0.337 e. The summed E-state index contributed by atoms with van der Waals surface area (Å²) >= 11 is 0. The molecule has 1 fully saturated rings. The quantitative estimate of drug-likeness (QED) is 0.724. The number of nitrogens with one attached hydrogen (secondary N) is 3. The molecule has 0 radical (unpaired) electrons. The zero-order valence-corrected chi connectivity index (χ0v) is 15.1. The Morgan fingerprint density at radius 2 is 2.00 bits per heavy atom. The monoisotopic (exact) mass is 363 g/mol. The van der Waals surface area contributed by atoms with Crippen LogP contribution in [0.1, 0.15) is 30.4 Å². The van der Waals surface area contributed by atoms with Gasteiger partial charge in [0.15, 0.2) is 0 Å². The Kier molecular flexibility index (Phi) is 5.57. The number of benzene rings is 2. The van der Waals surface area contributed by atoms with E-state index in [2.05, 4.69) is 16.2 Å². The first kappa shape index (κ1) is 18.3. The normalized spacial score (nSPS) is 13.6. The van der Waals surface area contributed by atoms with Gasteiger partial charge in [0.1, 0.15) is 0 Å². The van der Waals surface area contributed by atoms with E-state index < -0.39 is 6.03 Å². The highest BCUT2D eigenvalue weighted by molar-refractivity contribution is 5.96. The van der Waals surface area contributed by atoms with E-state index >= 15 is 0 Å².